The topological polar surface area (TPSA) is 35.8 Å². The van der Waals surface area contributed by atoms with Gasteiger partial charge >= 0.3 is 0 Å². The van der Waals surface area contributed by atoms with Crippen LogP contribution in [-0.2, 0) is 6.54 Å². The lowest BCUT2D eigenvalue weighted by molar-refractivity contribution is 0.432. The lowest BCUT2D eigenvalue weighted by Crippen LogP contribution is -2.39. The van der Waals surface area contributed by atoms with Gasteiger partial charge in [0, 0.05) is 6.54 Å². The largest absolute Gasteiger partial charge is 0.296 e. The number of nitrogens with one attached hydrogen (secondary N) is 1. The molecule has 0 aliphatic carbocycles. The van der Waals surface area contributed by atoms with Gasteiger partial charge in [-0.3, -0.25) is 5.32 Å². The maximum atomic E-state index is 8.95. The molecule has 74 valence electrons. The van der Waals surface area contributed by atoms with Crippen LogP contribution in [0.25, 0.3) is 0 Å². The predicted octanol–water partition coefficient (Wildman–Crippen LogP) is 2.47. The zero-order chi connectivity index (χ0) is 10.4. The molecular formula is C12H16N2. The third kappa shape index (κ3) is 2.86. The van der Waals surface area contributed by atoms with Gasteiger partial charge in [-0.25, -0.2) is 0 Å². The molecule has 1 N–H and O–H groups in total. The van der Waals surface area contributed by atoms with Gasteiger partial charge in [0.2, 0.25) is 0 Å². The maximum Gasteiger partial charge on any atom is 0.103 e. The molecule has 0 radical (unpaired) electrons. The van der Waals surface area contributed by atoms with Crippen LogP contribution in [0, 0.1) is 11.3 Å². The van der Waals surface area contributed by atoms with E-state index in [4.69, 9.17) is 5.26 Å². The third-order valence-electron chi connectivity index (χ3n) is 2.48. The van der Waals surface area contributed by atoms with E-state index in [0.29, 0.717) is 0 Å². The van der Waals surface area contributed by atoms with Gasteiger partial charge in [0.25, 0.3) is 0 Å². The number of nitriles is 1. The van der Waals surface area contributed by atoms with Crippen molar-refractivity contribution in [1.29, 1.82) is 5.26 Å². The fraction of sp³-hybridized carbons (Fsp3) is 0.417. The lowest BCUT2D eigenvalue weighted by Gasteiger charge is -2.21. The summed E-state index contributed by atoms with van der Waals surface area (Å²) in [4.78, 5) is 0. The summed E-state index contributed by atoms with van der Waals surface area (Å²) in [6.45, 7) is 4.69. The van der Waals surface area contributed by atoms with Crippen LogP contribution in [0.2, 0.25) is 0 Å². The number of hydrogen-bond donors (Lipinski definition) is 1. The molecule has 1 unspecified atom stereocenters. The monoisotopic (exact) mass is 188 g/mol. The van der Waals surface area contributed by atoms with E-state index in [2.05, 4.69) is 23.5 Å². The highest BCUT2D eigenvalue weighted by molar-refractivity contribution is 5.15. The Morgan fingerprint density at radius 1 is 1.36 bits per heavy atom. The Hall–Kier alpha value is -1.33. The molecule has 0 heterocycles. The maximum absolute atomic E-state index is 8.95. The molecule has 0 bridgehead atoms. The number of benzene rings is 1. The van der Waals surface area contributed by atoms with Crippen molar-refractivity contribution in [3.8, 4) is 6.07 Å². The summed E-state index contributed by atoms with van der Waals surface area (Å²) >= 11 is 0. The van der Waals surface area contributed by atoms with Crippen molar-refractivity contribution in [3.63, 3.8) is 0 Å². The first-order valence-electron chi connectivity index (χ1n) is 4.90. The van der Waals surface area contributed by atoms with Crippen LogP contribution in [-0.4, -0.2) is 5.54 Å². The second-order valence-corrected chi connectivity index (χ2v) is 3.64. The zero-order valence-corrected chi connectivity index (χ0v) is 8.75. The first kappa shape index (κ1) is 10.7. The minimum atomic E-state index is -0.407. The first-order valence-corrected chi connectivity index (χ1v) is 4.90. The molecule has 1 aromatic rings. The Labute approximate surface area is 85.6 Å². The van der Waals surface area contributed by atoms with Gasteiger partial charge < -0.3 is 0 Å². The average molecular weight is 188 g/mol. The molecule has 0 spiro atoms. The van der Waals surface area contributed by atoms with E-state index in [1.165, 1.54) is 5.56 Å². The van der Waals surface area contributed by atoms with E-state index < -0.39 is 5.54 Å². The normalized spacial score (nSPS) is 14.4. The fourth-order valence-corrected chi connectivity index (χ4v) is 1.14. The summed E-state index contributed by atoms with van der Waals surface area (Å²) < 4.78 is 0. The number of rotatable bonds is 4. The smallest absolute Gasteiger partial charge is 0.103 e. The first-order chi connectivity index (χ1) is 6.70. The van der Waals surface area contributed by atoms with Crippen molar-refractivity contribution in [1.82, 2.24) is 5.32 Å². The minimum absolute atomic E-state index is 0.407. The van der Waals surface area contributed by atoms with Crippen LogP contribution in [0.5, 0.6) is 0 Å². The second-order valence-electron chi connectivity index (χ2n) is 3.64. The third-order valence-corrected chi connectivity index (χ3v) is 2.48. The van der Waals surface area contributed by atoms with Gasteiger partial charge in [-0.1, -0.05) is 37.3 Å². The summed E-state index contributed by atoms with van der Waals surface area (Å²) in [6, 6.07) is 12.4. The van der Waals surface area contributed by atoms with Crippen molar-refractivity contribution in [3.05, 3.63) is 35.9 Å². The van der Waals surface area contributed by atoms with E-state index in [9.17, 15) is 0 Å². The van der Waals surface area contributed by atoms with Crippen LogP contribution >= 0.6 is 0 Å². The molecule has 0 aromatic heterocycles. The van der Waals surface area contributed by atoms with Crippen molar-refractivity contribution in [2.75, 3.05) is 0 Å². The number of nitrogens with zero attached hydrogens (tertiary/aromatic N) is 1. The lowest BCUT2D eigenvalue weighted by atomic mass is 10.0. The van der Waals surface area contributed by atoms with Gasteiger partial charge in [0.1, 0.15) is 5.54 Å². The highest BCUT2D eigenvalue weighted by Gasteiger charge is 2.19. The van der Waals surface area contributed by atoms with E-state index in [0.717, 1.165) is 13.0 Å². The summed E-state index contributed by atoms with van der Waals surface area (Å²) in [6.07, 6.45) is 0.816. The molecule has 2 nitrogen and oxygen atoms in total. The van der Waals surface area contributed by atoms with Crippen molar-refractivity contribution >= 4 is 0 Å². The van der Waals surface area contributed by atoms with Crippen LogP contribution in [0.15, 0.2) is 30.3 Å². The quantitative estimate of drug-likeness (QED) is 0.788. The van der Waals surface area contributed by atoms with Crippen LogP contribution in [0.3, 0.4) is 0 Å². The molecule has 1 atom stereocenters. The number of hydrogen-bond acceptors (Lipinski definition) is 2. The molecule has 0 amide bonds. The second kappa shape index (κ2) is 4.78. The molecule has 14 heavy (non-hydrogen) atoms. The zero-order valence-electron chi connectivity index (χ0n) is 8.75. The van der Waals surface area contributed by atoms with Crippen molar-refractivity contribution < 1.29 is 0 Å². The van der Waals surface area contributed by atoms with E-state index in [1.54, 1.807) is 0 Å². The molecule has 0 saturated carbocycles. The van der Waals surface area contributed by atoms with E-state index >= 15 is 0 Å². The predicted molar refractivity (Wildman–Crippen MR) is 57.6 cm³/mol. The molecule has 2 heteroatoms. The Bertz CT molecular complexity index is 313. The van der Waals surface area contributed by atoms with Gasteiger partial charge in [-0.15, -0.1) is 0 Å². The summed E-state index contributed by atoms with van der Waals surface area (Å²) in [7, 11) is 0. The van der Waals surface area contributed by atoms with Crippen LogP contribution < -0.4 is 5.32 Å². The Kier molecular flexibility index (Phi) is 3.67. The molecule has 0 saturated heterocycles. The highest BCUT2D eigenvalue weighted by atomic mass is 15.0. The van der Waals surface area contributed by atoms with Crippen LogP contribution in [0.4, 0.5) is 0 Å². The Morgan fingerprint density at radius 2 is 2.00 bits per heavy atom. The standard InChI is InChI=1S/C12H16N2/c1-3-12(2,10-13)14-9-11-7-5-4-6-8-11/h4-8,14H,3,9H2,1-2H3. The minimum Gasteiger partial charge on any atom is -0.296 e. The van der Waals surface area contributed by atoms with Gasteiger partial charge in [-0.05, 0) is 18.9 Å². The molecule has 0 aliphatic heterocycles. The summed E-state index contributed by atoms with van der Waals surface area (Å²) in [5, 5.41) is 12.2. The molecule has 0 fully saturated rings. The van der Waals surface area contributed by atoms with Crippen LogP contribution in [0.1, 0.15) is 25.8 Å². The Balaban J connectivity index is 2.53. The summed E-state index contributed by atoms with van der Waals surface area (Å²) in [5.41, 5.74) is 0.804. The SMILES string of the molecule is CCC(C)(C#N)NCc1ccccc1. The van der Waals surface area contributed by atoms with Gasteiger partial charge in [0.15, 0.2) is 0 Å². The highest BCUT2D eigenvalue weighted by Crippen LogP contribution is 2.08. The summed E-state index contributed by atoms with van der Waals surface area (Å²) in [5.74, 6) is 0. The fourth-order valence-electron chi connectivity index (χ4n) is 1.14. The molecular weight excluding hydrogens is 172 g/mol. The van der Waals surface area contributed by atoms with E-state index in [1.807, 2.05) is 32.0 Å². The molecule has 1 aromatic carbocycles. The Morgan fingerprint density at radius 3 is 2.50 bits per heavy atom. The molecule has 0 aliphatic rings. The van der Waals surface area contributed by atoms with Gasteiger partial charge in [-0.2, -0.15) is 5.26 Å². The van der Waals surface area contributed by atoms with Gasteiger partial charge in [0.05, 0.1) is 6.07 Å². The molecule has 1 rings (SSSR count). The average Bonchev–Trinajstić information content (AvgIpc) is 2.27. The van der Waals surface area contributed by atoms with E-state index in [-0.39, 0.29) is 0 Å². The van der Waals surface area contributed by atoms with Crippen molar-refractivity contribution in [2.45, 2.75) is 32.4 Å². The van der Waals surface area contributed by atoms with Crippen molar-refractivity contribution in [2.24, 2.45) is 0 Å².